The van der Waals surface area contributed by atoms with E-state index in [1.165, 1.54) is 129 Å². The molecule has 0 radical (unpaired) electrons. The van der Waals surface area contributed by atoms with Crippen LogP contribution in [0.2, 0.25) is 0 Å². The van der Waals surface area contributed by atoms with Crippen LogP contribution in [0.1, 0.15) is 127 Å². The van der Waals surface area contributed by atoms with Gasteiger partial charge in [0.15, 0.2) is 11.6 Å². The summed E-state index contributed by atoms with van der Waals surface area (Å²) in [5, 5.41) is 84.1. The van der Waals surface area contributed by atoms with Gasteiger partial charge in [-0.3, -0.25) is 13.6 Å². The molecule has 0 saturated carbocycles. The highest BCUT2D eigenvalue weighted by Gasteiger charge is 2.59. The lowest BCUT2D eigenvalue weighted by Gasteiger charge is -2.26. The van der Waals surface area contributed by atoms with Crippen molar-refractivity contribution in [1.82, 2.24) is 34.2 Å². The molecule has 0 aromatic carbocycles. The molecular weight excluding hydrogens is 1000 g/mol. The fraction of sp³-hybridized carbons (Fsp3) is 0.608. The average molecular weight is 1070 g/mol. The van der Waals surface area contributed by atoms with E-state index < -0.39 is 81.6 Å². The molecule has 0 amide bonds. The molecule has 8 N–H and O–H groups in total. The molecule has 7 rings (SSSR count). The summed E-state index contributed by atoms with van der Waals surface area (Å²) in [5.41, 5.74) is 8.37. The van der Waals surface area contributed by atoms with E-state index in [1.807, 2.05) is 18.2 Å². The van der Waals surface area contributed by atoms with Crippen LogP contribution in [0.5, 0.6) is 5.88 Å². The van der Waals surface area contributed by atoms with Crippen molar-refractivity contribution >= 4 is 30.5 Å². The molecule has 5 aromatic heterocycles. The SMILES string of the molecule is CCCCCCCCCCCCCCCCCCOC[C@H](COP(=O)(OC[C@H]1O[C@@](C#N)(c2ccc3c(N)ncnn23)[C@H](O)[C@@H]1O)OC[C@H]1O[C@@](C#N)(c2ccc3c(N)ncnn23)[C@H](O)[C@@H]1O)Oc1ccc(C#N)cn1. The minimum absolute atomic E-state index is 0.00311. The quantitative estimate of drug-likeness (QED) is 0.0230. The molecule has 0 bridgehead atoms. The highest BCUT2D eigenvalue weighted by Crippen LogP contribution is 2.52. The number of nitrogens with zero attached hydrogens (tertiary/aromatic N) is 10. The zero-order valence-electron chi connectivity index (χ0n) is 42.7. The number of phosphoric acid groups is 1. The Balaban J connectivity index is 1.01. The molecule has 76 heavy (non-hydrogen) atoms. The molecule has 5 aromatic rings. The first-order valence-electron chi connectivity index (χ1n) is 26.1. The van der Waals surface area contributed by atoms with Gasteiger partial charge >= 0.3 is 7.82 Å². The number of nitrogen functional groups attached to an aromatic ring is 2. The lowest BCUT2D eigenvalue weighted by atomic mass is 9.92. The Labute approximate surface area is 441 Å². The summed E-state index contributed by atoms with van der Waals surface area (Å²) in [6, 6.07) is 14.7. The molecule has 2 fully saturated rings. The first kappa shape index (κ1) is 57.8. The number of fused-ring (bicyclic) bond motifs is 2. The molecular formula is C51H69N12O12P. The highest BCUT2D eigenvalue weighted by atomic mass is 31.2. The standard InChI is InChI=1S/C51H69N12O12P/c1-2-3-4-5-6-7-8-9-10-11-12-13-14-15-16-17-24-69-27-36(73-43-23-18-35(25-52)26-57-43)28-70-76(68,71-29-39-44(64)46(66)50(31-53,74-39)41-21-19-37-48(55)58-33-60-62(37)41)72-30-40-45(65)47(67)51(32-54,75-40)42-22-20-38-49(56)59-34-61-63(38)42/h18-23,26,33-34,36,39-40,44-47,64-67H,2-17,24,27-30H2,1H3,(H2,55,58,60)(H2,56,59,61)/t36-,39-,40-,44-,45-,46-,47-,50+,51+/m1/s1. The highest BCUT2D eigenvalue weighted by molar-refractivity contribution is 7.48. The topological polar surface area (TPSA) is 359 Å². The van der Waals surface area contributed by atoms with Crippen molar-refractivity contribution < 1.29 is 57.5 Å². The van der Waals surface area contributed by atoms with E-state index in [4.69, 9.17) is 44.0 Å². The predicted octanol–water partition coefficient (Wildman–Crippen LogP) is 5.47. The zero-order chi connectivity index (χ0) is 54.1. The lowest BCUT2D eigenvalue weighted by molar-refractivity contribution is -0.0757. The number of hydrogen-bond donors (Lipinski definition) is 6. The van der Waals surface area contributed by atoms with E-state index in [9.17, 15) is 40.8 Å². The summed E-state index contributed by atoms with van der Waals surface area (Å²) in [5.74, 6) is 0.215. The number of rotatable bonds is 32. The monoisotopic (exact) mass is 1070 g/mol. The van der Waals surface area contributed by atoms with Gasteiger partial charge in [0, 0.05) is 18.9 Å². The van der Waals surface area contributed by atoms with Crippen LogP contribution in [0.25, 0.3) is 11.0 Å². The number of ether oxygens (including phenoxy) is 4. The molecule has 2 aliphatic rings. The maximum atomic E-state index is 14.9. The van der Waals surface area contributed by atoms with Crippen molar-refractivity contribution in [2.24, 2.45) is 0 Å². The van der Waals surface area contributed by atoms with Crippen LogP contribution in [0.4, 0.5) is 11.6 Å². The molecule has 2 aliphatic heterocycles. The van der Waals surface area contributed by atoms with Gasteiger partial charge < -0.3 is 50.8 Å². The van der Waals surface area contributed by atoms with Crippen molar-refractivity contribution in [3.63, 3.8) is 0 Å². The molecule has 7 heterocycles. The molecule has 25 heteroatoms. The van der Waals surface area contributed by atoms with Crippen LogP contribution in [0.3, 0.4) is 0 Å². The van der Waals surface area contributed by atoms with Crippen LogP contribution < -0.4 is 16.2 Å². The third-order valence-corrected chi connectivity index (χ3v) is 15.2. The second kappa shape index (κ2) is 27.4. The number of phosphoric ester groups is 1. The maximum Gasteiger partial charge on any atom is 0.475 e. The number of aromatic nitrogens is 7. The van der Waals surface area contributed by atoms with Crippen molar-refractivity contribution in [3.05, 3.63) is 72.2 Å². The summed E-state index contributed by atoms with van der Waals surface area (Å²) < 4.78 is 59.1. The predicted molar refractivity (Wildman–Crippen MR) is 272 cm³/mol. The van der Waals surface area contributed by atoms with Gasteiger partial charge in [0.1, 0.15) is 84.6 Å². The van der Waals surface area contributed by atoms with Crippen LogP contribution >= 0.6 is 7.82 Å². The Kier molecular flexibility index (Phi) is 20.8. The Morgan fingerprint density at radius 1 is 0.658 bits per heavy atom. The first-order valence-corrected chi connectivity index (χ1v) is 27.5. The average Bonchev–Trinajstić information content (AvgIpc) is 4.19. The molecule has 9 atom stereocenters. The summed E-state index contributed by atoms with van der Waals surface area (Å²) in [7, 11) is -4.97. The molecule has 0 unspecified atom stereocenters. The number of pyridine rings is 1. The van der Waals surface area contributed by atoms with Gasteiger partial charge in [-0.05, 0) is 36.8 Å². The second-order valence-electron chi connectivity index (χ2n) is 19.1. The van der Waals surface area contributed by atoms with E-state index in [0.717, 1.165) is 38.3 Å². The molecule has 2 saturated heterocycles. The molecule has 410 valence electrons. The van der Waals surface area contributed by atoms with Crippen molar-refractivity contribution in [3.8, 4) is 24.1 Å². The Morgan fingerprint density at radius 2 is 1.13 bits per heavy atom. The van der Waals surface area contributed by atoms with Gasteiger partial charge in [-0.2, -0.15) is 26.0 Å². The van der Waals surface area contributed by atoms with Gasteiger partial charge in [0.25, 0.3) is 0 Å². The summed E-state index contributed by atoms with van der Waals surface area (Å²) >= 11 is 0. The fourth-order valence-electron chi connectivity index (χ4n) is 9.49. The number of nitriles is 3. The van der Waals surface area contributed by atoms with Gasteiger partial charge in [0.2, 0.25) is 17.1 Å². The van der Waals surface area contributed by atoms with E-state index in [0.29, 0.717) is 6.61 Å². The Bertz CT molecular complexity index is 2690. The number of unbranched alkanes of at least 4 members (excludes halogenated alkanes) is 15. The van der Waals surface area contributed by atoms with Gasteiger partial charge in [-0.25, -0.2) is 28.5 Å². The van der Waals surface area contributed by atoms with Crippen molar-refractivity contribution in [2.45, 2.75) is 164 Å². The Hall–Kier alpha value is -5.91. The van der Waals surface area contributed by atoms with Gasteiger partial charge in [-0.1, -0.05) is 103 Å². The summed E-state index contributed by atoms with van der Waals surface area (Å²) in [6.07, 6.45) is 11.5. The third kappa shape index (κ3) is 13.6. The lowest BCUT2D eigenvalue weighted by Crippen LogP contribution is -2.41. The molecule has 24 nitrogen and oxygen atoms in total. The number of anilines is 2. The largest absolute Gasteiger partial charge is 0.475 e. The van der Waals surface area contributed by atoms with Crippen LogP contribution in [0, 0.1) is 34.0 Å². The first-order chi connectivity index (χ1) is 36.8. The van der Waals surface area contributed by atoms with E-state index in [1.54, 1.807) is 0 Å². The van der Waals surface area contributed by atoms with E-state index in [-0.39, 0.29) is 52.1 Å². The van der Waals surface area contributed by atoms with Crippen LogP contribution in [0.15, 0.2) is 55.2 Å². The second-order valence-corrected chi connectivity index (χ2v) is 20.8. The normalized spacial score (nSPS) is 23.9. The molecule has 0 aliphatic carbocycles. The molecule has 0 spiro atoms. The van der Waals surface area contributed by atoms with Gasteiger partial charge in [0.05, 0.1) is 43.4 Å². The van der Waals surface area contributed by atoms with Gasteiger partial charge in [-0.15, -0.1) is 0 Å². The van der Waals surface area contributed by atoms with Crippen LogP contribution in [-0.2, 0) is 43.5 Å². The fourth-order valence-corrected chi connectivity index (χ4v) is 10.7. The Morgan fingerprint density at radius 3 is 1.57 bits per heavy atom. The van der Waals surface area contributed by atoms with E-state index >= 15 is 0 Å². The van der Waals surface area contributed by atoms with Crippen molar-refractivity contribution in [1.29, 1.82) is 15.8 Å². The minimum atomic E-state index is -4.97. The van der Waals surface area contributed by atoms with Crippen molar-refractivity contribution in [2.75, 3.05) is 44.5 Å². The summed E-state index contributed by atoms with van der Waals surface area (Å²) in [6.45, 7) is 0.315. The summed E-state index contributed by atoms with van der Waals surface area (Å²) in [4.78, 5) is 12.1. The zero-order valence-corrected chi connectivity index (χ0v) is 43.6. The number of nitrogens with two attached hydrogens (primary N) is 2. The smallest absolute Gasteiger partial charge is 0.469 e. The third-order valence-electron chi connectivity index (χ3n) is 13.8. The number of aliphatic hydroxyl groups is 4. The van der Waals surface area contributed by atoms with E-state index in [2.05, 4.69) is 32.1 Å². The minimum Gasteiger partial charge on any atom is -0.469 e. The number of hydrogen-bond acceptors (Lipinski definition) is 22. The number of aliphatic hydroxyl groups excluding tert-OH is 4. The maximum absolute atomic E-state index is 14.9. The van der Waals surface area contributed by atoms with Crippen LogP contribution in [-0.4, -0.2) is 130 Å².